The molecule has 0 aliphatic carbocycles. The van der Waals surface area contributed by atoms with Crippen LogP contribution < -0.4 is 0 Å². The summed E-state index contributed by atoms with van der Waals surface area (Å²) in [6.45, 7) is 4.43. The summed E-state index contributed by atoms with van der Waals surface area (Å²) < 4.78 is 0. The van der Waals surface area contributed by atoms with Gasteiger partial charge in [-0.15, -0.1) is 12.3 Å². The Morgan fingerprint density at radius 3 is 2.43 bits per heavy atom. The SMILES string of the molecule is C#CCCC(=O)N(CC)CCN(C)C. The molecular weight excluding hydrogens is 176 g/mol. The molecule has 0 unspecified atom stereocenters. The molecule has 0 heterocycles. The molecule has 0 saturated carbocycles. The zero-order valence-corrected chi connectivity index (χ0v) is 9.42. The van der Waals surface area contributed by atoms with Crippen LogP contribution in [0.2, 0.25) is 0 Å². The second-order valence-corrected chi connectivity index (χ2v) is 3.48. The highest BCUT2D eigenvalue weighted by Gasteiger charge is 2.10. The Balaban J connectivity index is 3.88. The first kappa shape index (κ1) is 13.0. The zero-order valence-electron chi connectivity index (χ0n) is 9.42. The Morgan fingerprint density at radius 1 is 1.36 bits per heavy atom. The topological polar surface area (TPSA) is 23.6 Å². The maximum atomic E-state index is 11.6. The smallest absolute Gasteiger partial charge is 0.223 e. The van der Waals surface area contributed by atoms with Gasteiger partial charge < -0.3 is 9.80 Å². The van der Waals surface area contributed by atoms with Crippen molar-refractivity contribution in [3.05, 3.63) is 0 Å². The Kier molecular flexibility index (Phi) is 6.87. The molecule has 3 heteroatoms. The van der Waals surface area contributed by atoms with Crippen LogP contribution in [0.25, 0.3) is 0 Å². The third-order valence-corrected chi connectivity index (χ3v) is 2.03. The molecule has 80 valence electrons. The summed E-state index contributed by atoms with van der Waals surface area (Å²) in [7, 11) is 4.00. The van der Waals surface area contributed by atoms with Crippen molar-refractivity contribution in [1.82, 2.24) is 9.80 Å². The molecule has 0 radical (unpaired) electrons. The number of terminal acetylenes is 1. The minimum absolute atomic E-state index is 0.160. The lowest BCUT2D eigenvalue weighted by Gasteiger charge is -2.22. The van der Waals surface area contributed by atoms with Gasteiger partial charge in [0, 0.05) is 32.5 Å². The predicted octanol–water partition coefficient (Wildman–Crippen LogP) is 0.810. The van der Waals surface area contributed by atoms with Gasteiger partial charge in [-0.2, -0.15) is 0 Å². The molecule has 1 amide bonds. The average molecular weight is 196 g/mol. The first-order valence-electron chi connectivity index (χ1n) is 4.97. The van der Waals surface area contributed by atoms with E-state index in [4.69, 9.17) is 6.42 Å². The second-order valence-electron chi connectivity index (χ2n) is 3.48. The first-order valence-corrected chi connectivity index (χ1v) is 4.97. The van der Waals surface area contributed by atoms with Crippen molar-refractivity contribution in [3.8, 4) is 12.3 Å². The lowest BCUT2D eigenvalue weighted by Crippen LogP contribution is -2.36. The highest BCUT2D eigenvalue weighted by atomic mass is 16.2. The van der Waals surface area contributed by atoms with Crippen LogP contribution in [-0.2, 0) is 4.79 Å². The van der Waals surface area contributed by atoms with Gasteiger partial charge >= 0.3 is 0 Å². The summed E-state index contributed by atoms with van der Waals surface area (Å²) in [6, 6.07) is 0. The maximum Gasteiger partial charge on any atom is 0.223 e. The number of nitrogens with zero attached hydrogens (tertiary/aromatic N) is 2. The fourth-order valence-corrected chi connectivity index (χ4v) is 1.12. The molecule has 0 aliphatic rings. The summed E-state index contributed by atoms with van der Waals surface area (Å²) >= 11 is 0. The van der Waals surface area contributed by atoms with Gasteiger partial charge in [0.05, 0.1) is 0 Å². The minimum atomic E-state index is 0.160. The number of hydrogen-bond donors (Lipinski definition) is 0. The van der Waals surface area contributed by atoms with Crippen LogP contribution in [-0.4, -0.2) is 49.4 Å². The fraction of sp³-hybridized carbons (Fsp3) is 0.727. The number of carbonyl (C=O) groups is 1. The quantitative estimate of drug-likeness (QED) is 0.587. The fourth-order valence-electron chi connectivity index (χ4n) is 1.12. The van der Waals surface area contributed by atoms with Crippen molar-refractivity contribution in [1.29, 1.82) is 0 Å². The van der Waals surface area contributed by atoms with Gasteiger partial charge in [0.15, 0.2) is 0 Å². The molecule has 0 fully saturated rings. The molecule has 0 aromatic heterocycles. The van der Waals surface area contributed by atoms with E-state index in [9.17, 15) is 4.79 Å². The Bertz CT molecular complexity index is 206. The molecule has 0 aromatic carbocycles. The molecule has 0 atom stereocenters. The number of carbonyl (C=O) groups excluding carboxylic acids is 1. The largest absolute Gasteiger partial charge is 0.342 e. The molecule has 0 aromatic rings. The summed E-state index contributed by atoms with van der Waals surface area (Å²) in [5.74, 6) is 2.64. The van der Waals surface area contributed by atoms with Crippen molar-refractivity contribution in [2.75, 3.05) is 33.7 Å². The minimum Gasteiger partial charge on any atom is -0.342 e. The number of rotatable bonds is 6. The van der Waals surface area contributed by atoms with E-state index >= 15 is 0 Å². The molecule has 0 spiro atoms. The molecule has 0 bridgehead atoms. The van der Waals surface area contributed by atoms with Crippen LogP contribution in [0.3, 0.4) is 0 Å². The average Bonchev–Trinajstić information content (AvgIpc) is 2.15. The van der Waals surface area contributed by atoms with Gasteiger partial charge in [0.2, 0.25) is 5.91 Å². The van der Waals surface area contributed by atoms with Gasteiger partial charge in [-0.1, -0.05) is 0 Å². The van der Waals surface area contributed by atoms with Crippen LogP contribution in [0.1, 0.15) is 19.8 Å². The van der Waals surface area contributed by atoms with Gasteiger partial charge in [-0.05, 0) is 21.0 Å². The van der Waals surface area contributed by atoms with Crippen molar-refractivity contribution >= 4 is 5.91 Å². The van der Waals surface area contributed by atoms with Gasteiger partial charge in [0.1, 0.15) is 0 Å². The van der Waals surface area contributed by atoms with Crippen molar-refractivity contribution in [2.24, 2.45) is 0 Å². The normalized spacial score (nSPS) is 9.93. The van der Waals surface area contributed by atoms with Gasteiger partial charge in [-0.25, -0.2) is 0 Å². The molecule has 0 rings (SSSR count). The van der Waals surface area contributed by atoms with Crippen LogP contribution in [0.4, 0.5) is 0 Å². The lowest BCUT2D eigenvalue weighted by molar-refractivity contribution is -0.131. The Hall–Kier alpha value is -1.01. The molecule has 0 N–H and O–H groups in total. The van der Waals surface area contributed by atoms with E-state index in [0.29, 0.717) is 12.8 Å². The Morgan fingerprint density at radius 2 is 2.00 bits per heavy atom. The second kappa shape index (κ2) is 7.40. The first-order chi connectivity index (χ1) is 6.61. The van der Waals surface area contributed by atoms with Crippen molar-refractivity contribution in [3.63, 3.8) is 0 Å². The lowest BCUT2D eigenvalue weighted by atomic mass is 10.3. The Labute approximate surface area is 87.1 Å². The molecule has 3 nitrogen and oxygen atoms in total. The number of hydrogen-bond acceptors (Lipinski definition) is 2. The molecule has 0 saturated heterocycles. The summed E-state index contributed by atoms with van der Waals surface area (Å²) in [5.41, 5.74) is 0. The summed E-state index contributed by atoms with van der Waals surface area (Å²) in [4.78, 5) is 15.5. The van der Waals surface area contributed by atoms with Gasteiger partial charge in [-0.3, -0.25) is 4.79 Å². The van der Waals surface area contributed by atoms with Crippen LogP contribution in [0.15, 0.2) is 0 Å². The number of likely N-dealkylation sites (N-methyl/N-ethyl adjacent to an activating group) is 2. The molecule has 14 heavy (non-hydrogen) atoms. The number of amides is 1. The highest BCUT2D eigenvalue weighted by Crippen LogP contribution is 1.97. The van der Waals surface area contributed by atoms with E-state index in [1.54, 1.807) is 0 Å². The van der Waals surface area contributed by atoms with E-state index in [1.807, 2.05) is 25.9 Å². The molecular formula is C11H20N2O. The third-order valence-electron chi connectivity index (χ3n) is 2.03. The summed E-state index contributed by atoms with van der Waals surface area (Å²) in [6.07, 6.45) is 6.12. The monoisotopic (exact) mass is 196 g/mol. The van der Waals surface area contributed by atoms with E-state index in [-0.39, 0.29) is 5.91 Å². The third kappa shape index (κ3) is 5.60. The van der Waals surface area contributed by atoms with Crippen LogP contribution >= 0.6 is 0 Å². The maximum absolute atomic E-state index is 11.6. The van der Waals surface area contributed by atoms with E-state index in [0.717, 1.165) is 19.6 Å². The molecule has 0 aliphatic heterocycles. The standard InChI is InChI=1S/C11H20N2O/c1-5-7-8-11(14)13(6-2)10-9-12(3)4/h1H,6-10H2,2-4H3. The zero-order chi connectivity index (χ0) is 11.0. The van der Waals surface area contributed by atoms with Crippen LogP contribution in [0.5, 0.6) is 0 Å². The van der Waals surface area contributed by atoms with E-state index < -0.39 is 0 Å². The summed E-state index contributed by atoms with van der Waals surface area (Å²) in [5, 5.41) is 0. The van der Waals surface area contributed by atoms with E-state index in [2.05, 4.69) is 10.8 Å². The van der Waals surface area contributed by atoms with Crippen molar-refractivity contribution < 1.29 is 4.79 Å². The van der Waals surface area contributed by atoms with Gasteiger partial charge in [0.25, 0.3) is 0 Å². The van der Waals surface area contributed by atoms with Crippen molar-refractivity contribution in [2.45, 2.75) is 19.8 Å². The van der Waals surface area contributed by atoms with E-state index in [1.165, 1.54) is 0 Å². The predicted molar refractivity (Wildman–Crippen MR) is 58.9 cm³/mol. The van der Waals surface area contributed by atoms with Crippen LogP contribution in [0, 0.1) is 12.3 Å². The highest BCUT2D eigenvalue weighted by molar-refractivity contribution is 5.76.